The molecule has 0 saturated carbocycles. The molecule has 108 valence electrons. The molecule has 1 aliphatic heterocycles. The van der Waals surface area contributed by atoms with Gasteiger partial charge in [0.1, 0.15) is 11.8 Å². The molecule has 2 rings (SSSR count). The molecule has 1 heterocycles. The predicted molar refractivity (Wildman–Crippen MR) is 76.9 cm³/mol. The van der Waals surface area contributed by atoms with E-state index < -0.39 is 12.0 Å². The van der Waals surface area contributed by atoms with Crippen LogP contribution in [0.5, 0.6) is 5.75 Å². The zero-order valence-electron chi connectivity index (χ0n) is 11.2. The number of nitrogens with zero attached hydrogens (tertiary/aromatic N) is 1. The van der Waals surface area contributed by atoms with E-state index in [2.05, 4.69) is 0 Å². The van der Waals surface area contributed by atoms with Gasteiger partial charge in [-0.05, 0) is 19.1 Å². The molecule has 1 aromatic rings. The van der Waals surface area contributed by atoms with Gasteiger partial charge in [-0.15, -0.1) is 11.8 Å². The van der Waals surface area contributed by atoms with Gasteiger partial charge in [0.15, 0.2) is 0 Å². The fraction of sp³-hybridized carbons (Fsp3) is 0.429. The van der Waals surface area contributed by atoms with Gasteiger partial charge < -0.3 is 14.7 Å². The fourth-order valence-electron chi connectivity index (χ4n) is 1.93. The summed E-state index contributed by atoms with van der Waals surface area (Å²) in [4.78, 5) is 24.4. The minimum atomic E-state index is -0.942. The number of hydrogen-bond donors (Lipinski definition) is 1. The summed E-state index contributed by atoms with van der Waals surface area (Å²) in [5.74, 6) is 0.506. The van der Waals surface area contributed by atoms with Crippen molar-refractivity contribution in [1.29, 1.82) is 0 Å². The van der Waals surface area contributed by atoms with Crippen LogP contribution in [-0.4, -0.2) is 46.2 Å². The van der Waals surface area contributed by atoms with Crippen molar-refractivity contribution in [2.75, 3.05) is 18.2 Å². The Balaban J connectivity index is 1.80. The van der Waals surface area contributed by atoms with E-state index in [4.69, 9.17) is 9.84 Å². The second kappa shape index (κ2) is 6.65. The molecule has 1 fully saturated rings. The lowest BCUT2D eigenvalue weighted by molar-refractivity contribution is -0.147. The number of carboxylic acid groups (broad SMARTS) is 1. The number of aryl methyl sites for hydroxylation is 1. The van der Waals surface area contributed by atoms with E-state index in [9.17, 15) is 9.59 Å². The van der Waals surface area contributed by atoms with Crippen molar-refractivity contribution in [3.05, 3.63) is 29.8 Å². The van der Waals surface area contributed by atoms with Gasteiger partial charge in [-0.2, -0.15) is 0 Å². The van der Waals surface area contributed by atoms with Gasteiger partial charge in [-0.25, -0.2) is 4.79 Å². The van der Waals surface area contributed by atoms with Gasteiger partial charge in [0, 0.05) is 5.75 Å². The van der Waals surface area contributed by atoms with E-state index in [1.54, 1.807) is 0 Å². The summed E-state index contributed by atoms with van der Waals surface area (Å²) in [6, 6.07) is 6.88. The Hall–Kier alpha value is -1.69. The van der Waals surface area contributed by atoms with Crippen molar-refractivity contribution in [2.24, 2.45) is 0 Å². The minimum absolute atomic E-state index is 0.172. The molecule has 0 bridgehead atoms. The van der Waals surface area contributed by atoms with Gasteiger partial charge in [0.2, 0.25) is 5.91 Å². The number of amides is 1. The van der Waals surface area contributed by atoms with Crippen molar-refractivity contribution in [2.45, 2.75) is 19.4 Å². The topological polar surface area (TPSA) is 66.8 Å². The van der Waals surface area contributed by atoms with Crippen molar-refractivity contribution in [3.63, 3.8) is 0 Å². The number of thioether (sulfide) groups is 1. The first-order chi connectivity index (χ1) is 9.58. The van der Waals surface area contributed by atoms with E-state index in [-0.39, 0.29) is 18.9 Å². The third-order valence-electron chi connectivity index (χ3n) is 3.09. The fourth-order valence-corrected chi connectivity index (χ4v) is 3.10. The lowest BCUT2D eigenvalue weighted by Gasteiger charge is -2.20. The molecular weight excluding hydrogens is 278 g/mol. The van der Waals surface area contributed by atoms with E-state index in [1.807, 2.05) is 31.2 Å². The molecule has 1 unspecified atom stereocenters. The zero-order chi connectivity index (χ0) is 14.5. The molecule has 0 aliphatic carbocycles. The molecule has 1 aromatic carbocycles. The van der Waals surface area contributed by atoms with Gasteiger partial charge in [0.25, 0.3) is 0 Å². The van der Waals surface area contributed by atoms with Crippen molar-refractivity contribution in [3.8, 4) is 5.75 Å². The average Bonchev–Trinajstić information content (AvgIpc) is 2.90. The average molecular weight is 295 g/mol. The zero-order valence-corrected chi connectivity index (χ0v) is 12.1. The third-order valence-corrected chi connectivity index (χ3v) is 4.11. The molecule has 0 aromatic heterocycles. The van der Waals surface area contributed by atoms with Crippen molar-refractivity contribution >= 4 is 23.6 Å². The number of ether oxygens (including phenoxy) is 1. The number of carbonyl (C=O) groups is 2. The highest BCUT2D eigenvalue weighted by Gasteiger charge is 2.34. The van der Waals surface area contributed by atoms with Gasteiger partial charge in [-0.1, -0.05) is 17.7 Å². The second-order valence-corrected chi connectivity index (χ2v) is 5.63. The first-order valence-electron chi connectivity index (χ1n) is 6.37. The van der Waals surface area contributed by atoms with E-state index in [1.165, 1.54) is 16.7 Å². The monoisotopic (exact) mass is 295 g/mol. The Bertz CT molecular complexity index is 488. The number of hydrogen-bond acceptors (Lipinski definition) is 4. The number of aliphatic carboxylic acids is 1. The summed E-state index contributed by atoms with van der Waals surface area (Å²) < 4.78 is 5.49. The lowest BCUT2D eigenvalue weighted by atomic mass is 10.2. The molecule has 5 nitrogen and oxygen atoms in total. The molecule has 0 radical (unpaired) electrons. The highest BCUT2D eigenvalue weighted by molar-refractivity contribution is 7.99. The highest BCUT2D eigenvalue weighted by Crippen LogP contribution is 2.22. The maximum absolute atomic E-state index is 12.0. The molecule has 0 spiro atoms. The largest absolute Gasteiger partial charge is 0.493 e. The smallest absolute Gasteiger partial charge is 0.327 e. The Morgan fingerprint density at radius 3 is 2.75 bits per heavy atom. The summed E-state index contributed by atoms with van der Waals surface area (Å²) >= 11 is 1.46. The van der Waals surface area contributed by atoms with Gasteiger partial charge in [0.05, 0.1) is 18.9 Å². The van der Waals surface area contributed by atoms with Gasteiger partial charge >= 0.3 is 5.97 Å². The molecule has 6 heteroatoms. The van der Waals surface area contributed by atoms with E-state index >= 15 is 0 Å². The van der Waals surface area contributed by atoms with Crippen LogP contribution >= 0.6 is 11.8 Å². The van der Waals surface area contributed by atoms with E-state index in [0.29, 0.717) is 17.4 Å². The van der Waals surface area contributed by atoms with Crippen LogP contribution in [0.15, 0.2) is 24.3 Å². The first kappa shape index (κ1) is 14.7. The van der Waals surface area contributed by atoms with Crippen LogP contribution in [0, 0.1) is 6.92 Å². The third kappa shape index (κ3) is 3.66. The van der Waals surface area contributed by atoms with Crippen LogP contribution in [0.4, 0.5) is 0 Å². The summed E-state index contributed by atoms with van der Waals surface area (Å²) in [7, 11) is 0. The molecule has 20 heavy (non-hydrogen) atoms. The van der Waals surface area contributed by atoms with Crippen LogP contribution in [0.1, 0.15) is 12.0 Å². The molecule has 1 aliphatic rings. The summed E-state index contributed by atoms with van der Waals surface area (Å²) in [5, 5.41) is 9.02. The van der Waals surface area contributed by atoms with Crippen LogP contribution in [0.2, 0.25) is 0 Å². The van der Waals surface area contributed by atoms with Crippen LogP contribution in [0.3, 0.4) is 0 Å². The number of rotatable bonds is 5. The van der Waals surface area contributed by atoms with Crippen molar-refractivity contribution < 1.29 is 19.4 Å². The Labute approximate surface area is 121 Å². The Morgan fingerprint density at radius 1 is 1.40 bits per heavy atom. The summed E-state index contributed by atoms with van der Waals surface area (Å²) in [6.45, 7) is 2.25. The minimum Gasteiger partial charge on any atom is -0.493 e. The maximum atomic E-state index is 12.0. The molecule has 1 atom stereocenters. The quantitative estimate of drug-likeness (QED) is 0.896. The predicted octanol–water partition coefficient (Wildman–Crippen LogP) is 1.75. The summed E-state index contributed by atoms with van der Waals surface area (Å²) in [6.07, 6.45) is 0.193. The van der Waals surface area contributed by atoms with Crippen molar-refractivity contribution in [1.82, 2.24) is 4.90 Å². The Morgan fingerprint density at radius 2 is 2.10 bits per heavy atom. The standard InChI is InChI=1S/C14H17NO4S/c1-10-2-4-11(5-3-10)19-7-6-13(16)15-9-20-8-12(15)14(17)18/h2-5,12H,6-9H2,1H3,(H,17,18). The summed E-state index contributed by atoms with van der Waals surface area (Å²) in [5.41, 5.74) is 1.15. The van der Waals surface area contributed by atoms with Crippen LogP contribution < -0.4 is 4.74 Å². The number of carboxylic acids is 1. The molecule has 1 amide bonds. The number of benzene rings is 1. The highest BCUT2D eigenvalue weighted by atomic mass is 32.2. The second-order valence-electron chi connectivity index (χ2n) is 4.63. The Kier molecular flexibility index (Phi) is 4.89. The van der Waals surface area contributed by atoms with Crippen LogP contribution in [0.25, 0.3) is 0 Å². The maximum Gasteiger partial charge on any atom is 0.327 e. The van der Waals surface area contributed by atoms with Crippen LogP contribution in [-0.2, 0) is 9.59 Å². The van der Waals surface area contributed by atoms with E-state index in [0.717, 1.165) is 5.56 Å². The normalized spacial score (nSPS) is 18.1. The SMILES string of the molecule is Cc1ccc(OCCC(=O)N2CSCC2C(=O)O)cc1. The van der Waals surface area contributed by atoms with Gasteiger partial charge in [-0.3, -0.25) is 4.79 Å². The lowest BCUT2D eigenvalue weighted by Crippen LogP contribution is -2.42. The molecular formula is C14H17NO4S. The molecule has 1 N–H and O–H groups in total. The molecule has 1 saturated heterocycles. The first-order valence-corrected chi connectivity index (χ1v) is 7.53. The number of carbonyl (C=O) groups excluding carboxylic acids is 1.